The van der Waals surface area contributed by atoms with Gasteiger partial charge in [0.2, 0.25) is 0 Å². The Morgan fingerprint density at radius 1 is 1.25 bits per heavy atom. The molecule has 3 nitrogen and oxygen atoms in total. The number of aliphatic hydroxyl groups excluding tert-OH is 1. The third kappa shape index (κ3) is 3.96. The molecular weight excluding hydrogens is 248 g/mol. The molecule has 2 fully saturated rings. The lowest BCUT2D eigenvalue weighted by Crippen LogP contribution is -2.48. The van der Waals surface area contributed by atoms with Crippen molar-refractivity contribution in [2.24, 2.45) is 11.3 Å². The van der Waals surface area contributed by atoms with Crippen molar-refractivity contribution in [1.29, 1.82) is 0 Å². The molecule has 0 amide bonds. The smallest absolute Gasteiger partial charge is 0.0499 e. The summed E-state index contributed by atoms with van der Waals surface area (Å²) in [5, 5.41) is 10.0. The van der Waals surface area contributed by atoms with Gasteiger partial charge >= 0.3 is 0 Å². The molecule has 1 saturated heterocycles. The van der Waals surface area contributed by atoms with Crippen LogP contribution in [0, 0.1) is 11.3 Å². The van der Waals surface area contributed by atoms with Crippen LogP contribution >= 0.6 is 0 Å². The quantitative estimate of drug-likeness (QED) is 0.858. The van der Waals surface area contributed by atoms with Crippen LogP contribution in [0.2, 0.25) is 0 Å². The normalized spacial score (nSPS) is 37.8. The lowest BCUT2D eigenvalue weighted by atomic mass is 9.70. The van der Waals surface area contributed by atoms with E-state index in [1.807, 2.05) is 0 Å². The number of hydrogen-bond acceptors (Lipinski definition) is 3. The molecule has 2 rings (SSSR count). The van der Waals surface area contributed by atoms with Gasteiger partial charge in [0.25, 0.3) is 0 Å². The number of aliphatic hydroxyl groups is 1. The highest BCUT2D eigenvalue weighted by molar-refractivity contribution is 4.90. The van der Waals surface area contributed by atoms with E-state index in [0.29, 0.717) is 12.6 Å². The highest BCUT2D eigenvalue weighted by Gasteiger charge is 2.37. The van der Waals surface area contributed by atoms with Crippen LogP contribution in [0.4, 0.5) is 0 Å². The maximum absolute atomic E-state index is 10.0. The highest BCUT2D eigenvalue weighted by atomic mass is 16.3. The molecular formula is C17H34N2O. The first kappa shape index (κ1) is 16.3. The van der Waals surface area contributed by atoms with E-state index in [1.165, 1.54) is 58.2 Å². The van der Waals surface area contributed by atoms with Crippen LogP contribution in [0.5, 0.6) is 0 Å². The lowest BCUT2D eigenvalue weighted by Gasteiger charge is -2.44. The van der Waals surface area contributed by atoms with E-state index in [2.05, 4.69) is 30.7 Å². The average molecular weight is 282 g/mol. The molecule has 0 aromatic rings. The summed E-state index contributed by atoms with van der Waals surface area (Å²) in [4.78, 5) is 5.17. The zero-order valence-corrected chi connectivity index (χ0v) is 13.8. The molecule has 3 atom stereocenters. The molecule has 0 aromatic carbocycles. The van der Waals surface area contributed by atoms with Gasteiger partial charge in [-0.1, -0.05) is 26.7 Å². The maximum atomic E-state index is 10.0. The Hall–Kier alpha value is -0.120. The summed E-state index contributed by atoms with van der Waals surface area (Å²) in [6.45, 7) is 9.77. The zero-order valence-electron chi connectivity index (χ0n) is 13.8. The molecule has 1 N–H and O–H groups in total. The van der Waals surface area contributed by atoms with E-state index in [4.69, 9.17) is 0 Å². The number of rotatable bonds is 4. The van der Waals surface area contributed by atoms with Gasteiger partial charge < -0.3 is 10.0 Å². The second-order valence-corrected chi connectivity index (χ2v) is 7.51. The molecule has 0 spiro atoms. The molecule has 2 aliphatic rings. The fourth-order valence-corrected chi connectivity index (χ4v) is 4.43. The van der Waals surface area contributed by atoms with Gasteiger partial charge in [0.1, 0.15) is 0 Å². The zero-order chi connectivity index (χ0) is 14.6. The molecule has 1 heterocycles. The average Bonchev–Trinajstić information content (AvgIpc) is 2.60. The van der Waals surface area contributed by atoms with Crippen molar-refractivity contribution in [3.05, 3.63) is 0 Å². The van der Waals surface area contributed by atoms with Gasteiger partial charge in [-0.25, -0.2) is 0 Å². The predicted octanol–water partition coefficient (Wildman–Crippen LogP) is 2.59. The fourth-order valence-electron chi connectivity index (χ4n) is 4.43. The van der Waals surface area contributed by atoms with Gasteiger partial charge in [-0.15, -0.1) is 0 Å². The Morgan fingerprint density at radius 3 is 2.70 bits per heavy atom. The minimum Gasteiger partial charge on any atom is -0.396 e. The summed E-state index contributed by atoms with van der Waals surface area (Å²) in [5.74, 6) is 0.783. The van der Waals surface area contributed by atoms with E-state index in [-0.39, 0.29) is 5.41 Å². The van der Waals surface area contributed by atoms with Crippen LogP contribution in [0.1, 0.15) is 52.4 Å². The monoisotopic (exact) mass is 282 g/mol. The van der Waals surface area contributed by atoms with Crippen molar-refractivity contribution in [3.8, 4) is 0 Å². The summed E-state index contributed by atoms with van der Waals surface area (Å²) in [5.41, 5.74) is 0.175. The first-order valence-electron chi connectivity index (χ1n) is 8.62. The van der Waals surface area contributed by atoms with Crippen molar-refractivity contribution in [1.82, 2.24) is 9.80 Å². The third-order valence-corrected chi connectivity index (χ3v) is 5.55. The van der Waals surface area contributed by atoms with Gasteiger partial charge in [0.15, 0.2) is 0 Å². The lowest BCUT2D eigenvalue weighted by molar-refractivity contribution is 0.0107. The van der Waals surface area contributed by atoms with Gasteiger partial charge in [0.05, 0.1) is 0 Å². The fraction of sp³-hybridized carbons (Fsp3) is 1.00. The SMILES string of the molecule is CCC1CN(C)CCCN1CC1(CO)CCCC(C)C1. The van der Waals surface area contributed by atoms with Gasteiger partial charge in [-0.05, 0) is 51.7 Å². The van der Waals surface area contributed by atoms with Crippen LogP contribution in [-0.4, -0.2) is 60.8 Å². The Balaban J connectivity index is 2.04. The molecule has 3 unspecified atom stereocenters. The van der Waals surface area contributed by atoms with Gasteiger partial charge in [-0.2, -0.15) is 0 Å². The molecule has 0 radical (unpaired) electrons. The minimum atomic E-state index is 0.175. The third-order valence-electron chi connectivity index (χ3n) is 5.55. The van der Waals surface area contributed by atoms with Crippen molar-refractivity contribution in [3.63, 3.8) is 0 Å². The summed E-state index contributed by atoms with van der Waals surface area (Å²) >= 11 is 0. The summed E-state index contributed by atoms with van der Waals surface area (Å²) < 4.78 is 0. The Kier molecular flexibility index (Phi) is 5.88. The van der Waals surface area contributed by atoms with E-state index in [0.717, 1.165) is 12.5 Å². The largest absolute Gasteiger partial charge is 0.396 e. The molecule has 1 aliphatic heterocycles. The Labute approximate surface area is 125 Å². The summed E-state index contributed by atoms with van der Waals surface area (Å²) in [6.07, 6.45) is 7.57. The van der Waals surface area contributed by atoms with Crippen LogP contribution < -0.4 is 0 Å². The number of likely N-dealkylation sites (N-methyl/N-ethyl adjacent to an activating group) is 1. The topological polar surface area (TPSA) is 26.7 Å². The Morgan fingerprint density at radius 2 is 2.05 bits per heavy atom. The summed E-state index contributed by atoms with van der Waals surface area (Å²) in [7, 11) is 2.25. The van der Waals surface area contributed by atoms with Crippen LogP contribution in [0.15, 0.2) is 0 Å². The van der Waals surface area contributed by atoms with Gasteiger partial charge in [-0.3, -0.25) is 4.90 Å². The van der Waals surface area contributed by atoms with Crippen LogP contribution in [0.3, 0.4) is 0 Å². The van der Waals surface area contributed by atoms with Crippen LogP contribution in [0.25, 0.3) is 0 Å². The van der Waals surface area contributed by atoms with Gasteiger partial charge in [0, 0.05) is 31.2 Å². The van der Waals surface area contributed by atoms with E-state index >= 15 is 0 Å². The molecule has 1 aliphatic carbocycles. The summed E-state index contributed by atoms with van der Waals surface area (Å²) in [6, 6.07) is 0.670. The number of nitrogens with zero attached hydrogens (tertiary/aromatic N) is 2. The van der Waals surface area contributed by atoms with E-state index < -0.39 is 0 Å². The molecule has 20 heavy (non-hydrogen) atoms. The first-order chi connectivity index (χ1) is 9.58. The van der Waals surface area contributed by atoms with Crippen LogP contribution in [-0.2, 0) is 0 Å². The molecule has 1 saturated carbocycles. The van der Waals surface area contributed by atoms with E-state index in [9.17, 15) is 5.11 Å². The predicted molar refractivity (Wildman–Crippen MR) is 84.9 cm³/mol. The second kappa shape index (κ2) is 7.24. The maximum Gasteiger partial charge on any atom is 0.0499 e. The molecule has 0 aromatic heterocycles. The second-order valence-electron chi connectivity index (χ2n) is 7.51. The standard InChI is InChI=1S/C17H34N2O/c1-4-16-12-18(3)9-6-10-19(16)13-17(14-20)8-5-7-15(2)11-17/h15-16,20H,4-14H2,1-3H3. The molecule has 118 valence electrons. The minimum absolute atomic E-state index is 0.175. The Bertz CT molecular complexity index is 297. The highest BCUT2D eigenvalue weighted by Crippen LogP contribution is 2.40. The van der Waals surface area contributed by atoms with Crippen molar-refractivity contribution >= 4 is 0 Å². The molecule has 3 heteroatoms. The van der Waals surface area contributed by atoms with Crippen molar-refractivity contribution < 1.29 is 5.11 Å². The van der Waals surface area contributed by atoms with Crippen molar-refractivity contribution in [2.45, 2.75) is 58.4 Å². The first-order valence-corrected chi connectivity index (χ1v) is 8.62. The van der Waals surface area contributed by atoms with E-state index in [1.54, 1.807) is 0 Å². The van der Waals surface area contributed by atoms with Crippen molar-refractivity contribution in [2.75, 3.05) is 39.8 Å². The number of hydrogen-bond donors (Lipinski definition) is 1. The molecule has 0 bridgehead atoms.